The van der Waals surface area contributed by atoms with Gasteiger partial charge in [0.25, 0.3) is 5.91 Å². The van der Waals surface area contributed by atoms with Crippen LogP contribution in [0.15, 0.2) is 54.6 Å². The highest BCUT2D eigenvalue weighted by molar-refractivity contribution is 7.90. The van der Waals surface area contributed by atoms with Crippen LogP contribution in [0.5, 0.6) is 5.75 Å². The van der Waals surface area contributed by atoms with Crippen LogP contribution in [0, 0.1) is 0 Å². The third-order valence-corrected chi connectivity index (χ3v) is 4.86. The molecule has 0 aromatic heterocycles. The van der Waals surface area contributed by atoms with Crippen molar-refractivity contribution in [2.24, 2.45) is 0 Å². The third kappa shape index (κ3) is 6.62. The minimum Gasteiger partial charge on any atom is -0.425 e. The van der Waals surface area contributed by atoms with Crippen molar-refractivity contribution in [2.75, 3.05) is 12.0 Å². The maximum Gasteiger partial charge on any atom is 0.334 e. The SMILES string of the molecule is CC(=O)c1ccc(OC(=O)[C@H](CCS(C)(=O)=O)NC(=O)c2ccccc2)cc1. The number of carbonyl (C=O) groups is 3. The average Bonchev–Trinajstić information content (AvgIpc) is 2.65. The van der Waals surface area contributed by atoms with Gasteiger partial charge in [0.15, 0.2) is 5.78 Å². The first-order valence-corrected chi connectivity index (χ1v) is 10.6. The molecule has 0 heterocycles. The molecule has 2 rings (SSSR count). The van der Waals surface area contributed by atoms with Crippen molar-refractivity contribution in [3.63, 3.8) is 0 Å². The van der Waals surface area contributed by atoms with Crippen LogP contribution in [0.1, 0.15) is 34.1 Å². The zero-order chi connectivity index (χ0) is 20.7. The summed E-state index contributed by atoms with van der Waals surface area (Å²) in [5.41, 5.74) is 0.802. The predicted octanol–water partition coefficient (Wildman–Crippen LogP) is 2.03. The molecule has 1 amide bonds. The molecule has 148 valence electrons. The molecule has 0 spiro atoms. The van der Waals surface area contributed by atoms with Gasteiger partial charge in [-0.2, -0.15) is 0 Å². The van der Waals surface area contributed by atoms with Gasteiger partial charge < -0.3 is 10.1 Å². The first kappa shape index (κ1) is 21.3. The van der Waals surface area contributed by atoms with Crippen LogP contribution in [0.4, 0.5) is 0 Å². The Morgan fingerprint density at radius 2 is 1.57 bits per heavy atom. The van der Waals surface area contributed by atoms with Gasteiger partial charge in [0, 0.05) is 17.4 Å². The first-order valence-electron chi connectivity index (χ1n) is 8.52. The quantitative estimate of drug-likeness (QED) is 0.411. The Kier molecular flexibility index (Phi) is 7.06. The number of ether oxygens (including phenoxy) is 1. The van der Waals surface area contributed by atoms with Gasteiger partial charge in [-0.15, -0.1) is 0 Å². The molecule has 0 fully saturated rings. The Hall–Kier alpha value is -3.00. The lowest BCUT2D eigenvalue weighted by molar-refractivity contribution is -0.136. The lowest BCUT2D eigenvalue weighted by atomic mass is 10.1. The van der Waals surface area contributed by atoms with Crippen LogP contribution in [0.25, 0.3) is 0 Å². The molecule has 1 atom stereocenters. The Labute approximate surface area is 163 Å². The molecule has 7 nitrogen and oxygen atoms in total. The third-order valence-electron chi connectivity index (χ3n) is 3.88. The summed E-state index contributed by atoms with van der Waals surface area (Å²) in [5.74, 6) is -1.52. The van der Waals surface area contributed by atoms with E-state index in [0.717, 1.165) is 6.26 Å². The standard InChI is InChI=1S/C20H21NO6S/c1-14(22)15-8-10-17(11-9-15)27-20(24)18(12-13-28(2,25)26)21-19(23)16-6-4-3-5-7-16/h3-11,18H,12-13H2,1-2H3,(H,21,23)/t18-/m0/s1. The van der Waals surface area contributed by atoms with Crippen molar-refractivity contribution in [1.82, 2.24) is 5.32 Å². The Morgan fingerprint density at radius 3 is 2.11 bits per heavy atom. The minimum absolute atomic E-state index is 0.123. The van der Waals surface area contributed by atoms with E-state index in [-0.39, 0.29) is 23.7 Å². The van der Waals surface area contributed by atoms with E-state index >= 15 is 0 Å². The number of esters is 1. The predicted molar refractivity (Wildman–Crippen MR) is 104 cm³/mol. The number of ketones is 1. The van der Waals surface area contributed by atoms with E-state index in [2.05, 4.69) is 5.32 Å². The highest BCUT2D eigenvalue weighted by Crippen LogP contribution is 2.14. The number of Topliss-reactive ketones (excluding diaryl/α,β-unsaturated/α-hetero) is 1. The van der Waals surface area contributed by atoms with Gasteiger partial charge >= 0.3 is 5.97 Å². The van der Waals surface area contributed by atoms with Gasteiger partial charge in [0.1, 0.15) is 21.6 Å². The van der Waals surface area contributed by atoms with Crippen molar-refractivity contribution in [3.05, 3.63) is 65.7 Å². The maximum absolute atomic E-state index is 12.5. The second-order valence-corrected chi connectivity index (χ2v) is 8.57. The van der Waals surface area contributed by atoms with Crippen LogP contribution in [0.2, 0.25) is 0 Å². The highest BCUT2D eigenvalue weighted by atomic mass is 32.2. The molecule has 2 aromatic carbocycles. The summed E-state index contributed by atoms with van der Waals surface area (Å²) in [6.45, 7) is 1.42. The van der Waals surface area contributed by atoms with Gasteiger partial charge in [-0.05, 0) is 49.7 Å². The molecule has 28 heavy (non-hydrogen) atoms. The number of carbonyl (C=O) groups excluding carboxylic acids is 3. The fourth-order valence-corrected chi connectivity index (χ4v) is 3.02. The van der Waals surface area contributed by atoms with Gasteiger partial charge in [-0.1, -0.05) is 18.2 Å². The zero-order valence-corrected chi connectivity index (χ0v) is 16.4. The zero-order valence-electron chi connectivity index (χ0n) is 15.5. The molecule has 0 aliphatic carbocycles. The fraction of sp³-hybridized carbons (Fsp3) is 0.250. The number of hydrogen-bond donors (Lipinski definition) is 1. The monoisotopic (exact) mass is 403 g/mol. The summed E-state index contributed by atoms with van der Waals surface area (Å²) in [4.78, 5) is 36.2. The van der Waals surface area contributed by atoms with Crippen molar-refractivity contribution < 1.29 is 27.5 Å². The van der Waals surface area contributed by atoms with Gasteiger partial charge in [0.2, 0.25) is 0 Å². The molecule has 0 aliphatic rings. The van der Waals surface area contributed by atoms with E-state index in [9.17, 15) is 22.8 Å². The normalized spacial score (nSPS) is 12.1. The molecule has 8 heteroatoms. The van der Waals surface area contributed by atoms with Gasteiger partial charge in [-0.3, -0.25) is 9.59 Å². The second kappa shape index (κ2) is 9.27. The van der Waals surface area contributed by atoms with E-state index in [1.54, 1.807) is 30.3 Å². The number of benzene rings is 2. The van der Waals surface area contributed by atoms with Crippen molar-refractivity contribution >= 4 is 27.5 Å². The van der Waals surface area contributed by atoms with Crippen LogP contribution in [-0.2, 0) is 14.6 Å². The van der Waals surface area contributed by atoms with Crippen molar-refractivity contribution in [1.29, 1.82) is 0 Å². The lowest BCUT2D eigenvalue weighted by Gasteiger charge is -2.17. The van der Waals surface area contributed by atoms with Crippen LogP contribution in [0.3, 0.4) is 0 Å². The topological polar surface area (TPSA) is 107 Å². The largest absolute Gasteiger partial charge is 0.425 e. The maximum atomic E-state index is 12.5. The van der Waals surface area contributed by atoms with E-state index in [4.69, 9.17) is 4.74 Å². The molecule has 0 radical (unpaired) electrons. The van der Waals surface area contributed by atoms with Crippen LogP contribution < -0.4 is 10.1 Å². The van der Waals surface area contributed by atoms with E-state index in [1.165, 1.54) is 31.2 Å². The number of amides is 1. The molecular weight excluding hydrogens is 382 g/mol. The smallest absolute Gasteiger partial charge is 0.334 e. The molecule has 0 unspecified atom stereocenters. The summed E-state index contributed by atoms with van der Waals surface area (Å²) >= 11 is 0. The molecule has 0 saturated carbocycles. The summed E-state index contributed by atoms with van der Waals surface area (Å²) in [6, 6.07) is 13.1. The molecule has 0 bridgehead atoms. The number of nitrogens with one attached hydrogen (secondary N) is 1. The summed E-state index contributed by atoms with van der Waals surface area (Å²) in [7, 11) is -3.34. The molecular formula is C20H21NO6S. The number of hydrogen-bond acceptors (Lipinski definition) is 6. The summed E-state index contributed by atoms with van der Waals surface area (Å²) < 4.78 is 28.2. The average molecular weight is 403 g/mol. The first-order chi connectivity index (χ1) is 13.2. The van der Waals surface area contributed by atoms with Gasteiger partial charge in [0.05, 0.1) is 5.75 Å². The van der Waals surface area contributed by atoms with Gasteiger partial charge in [-0.25, -0.2) is 13.2 Å². The summed E-state index contributed by atoms with van der Waals surface area (Å²) in [6.07, 6.45) is 0.927. The Balaban J connectivity index is 2.13. The minimum atomic E-state index is -3.34. The summed E-state index contributed by atoms with van der Waals surface area (Å²) in [5, 5.41) is 2.52. The molecule has 0 aliphatic heterocycles. The van der Waals surface area contributed by atoms with Crippen molar-refractivity contribution in [2.45, 2.75) is 19.4 Å². The van der Waals surface area contributed by atoms with E-state index < -0.39 is 27.8 Å². The molecule has 2 aromatic rings. The van der Waals surface area contributed by atoms with Crippen LogP contribution >= 0.6 is 0 Å². The number of sulfone groups is 1. The fourth-order valence-electron chi connectivity index (χ4n) is 2.36. The van der Waals surface area contributed by atoms with E-state index in [0.29, 0.717) is 11.1 Å². The molecule has 1 N–H and O–H groups in total. The highest BCUT2D eigenvalue weighted by Gasteiger charge is 2.25. The Bertz CT molecular complexity index is 952. The molecule has 0 saturated heterocycles. The van der Waals surface area contributed by atoms with Crippen molar-refractivity contribution in [3.8, 4) is 5.75 Å². The van der Waals surface area contributed by atoms with Crippen LogP contribution in [-0.4, -0.2) is 44.1 Å². The Morgan fingerprint density at radius 1 is 0.964 bits per heavy atom. The number of rotatable bonds is 8. The second-order valence-electron chi connectivity index (χ2n) is 6.31. The lowest BCUT2D eigenvalue weighted by Crippen LogP contribution is -2.44. The van der Waals surface area contributed by atoms with E-state index in [1.807, 2.05) is 0 Å².